The zero-order chi connectivity index (χ0) is 13.9. The number of aromatic hydroxyl groups is 1. The molecule has 20 heavy (non-hydrogen) atoms. The van der Waals surface area contributed by atoms with Crippen molar-refractivity contribution in [2.75, 3.05) is 7.11 Å². The zero-order valence-corrected chi connectivity index (χ0v) is 10.8. The first kappa shape index (κ1) is 12.2. The lowest BCUT2D eigenvalue weighted by molar-refractivity contribution is 0.414. The lowest BCUT2D eigenvalue weighted by Gasteiger charge is -2.00. The molecule has 0 aliphatic rings. The summed E-state index contributed by atoms with van der Waals surface area (Å²) < 4.78 is 10.4. The Balaban J connectivity index is 2.00. The summed E-state index contributed by atoms with van der Waals surface area (Å²) in [6.07, 6.45) is 0. The van der Waals surface area contributed by atoms with Crippen LogP contribution in [0.3, 0.4) is 0 Å². The number of phenols is 1. The second-order valence-corrected chi connectivity index (χ2v) is 4.17. The molecule has 0 saturated heterocycles. The van der Waals surface area contributed by atoms with Gasteiger partial charge in [0.25, 0.3) is 5.89 Å². The summed E-state index contributed by atoms with van der Waals surface area (Å²) in [5.74, 6) is 1.55. The molecule has 5 nitrogen and oxygen atoms in total. The van der Waals surface area contributed by atoms with Crippen molar-refractivity contribution >= 4 is 0 Å². The van der Waals surface area contributed by atoms with Crippen LogP contribution in [-0.2, 0) is 0 Å². The van der Waals surface area contributed by atoms with Crippen molar-refractivity contribution in [1.82, 2.24) is 10.1 Å². The Kier molecular flexibility index (Phi) is 3.09. The molecule has 1 N–H and O–H groups in total. The van der Waals surface area contributed by atoms with Crippen molar-refractivity contribution in [3.63, 3.8) is 0 Å². The average molecular weight is 268 g/mol. The molecule has 0 aliphatic carbocycles. The van der Waals surface area contributed by atoms with Crippen molar-refractivity contribution < 1.29 is 14.4 Å². The summed E-state index contributed by atoms with van der Waals surface area (Å²) in [7, 11) is 1.60. The fourth-order valence-corrected chi connectivity index (χ4v) is 1.87. The molecule has 0 unspecified atom stereocenters. The molecule has 0 bridgehead atoms. The first-order chi connectivity index (χ1) is 9.78. The van der Waals surface area contributed by atoms with Crippen LogP contribution >= 0.6 is 0 Å². The molecule has 3 rings (SSSR count). The third kappa shape index (κ3) is 2.21. The van der Waals surface area contributed by atoms with E-state index in [-0.39, 0.29) is 11.6 Å². The molecule has 0 spiro atoms. The number of rotatable bonds is 3. The molecule has 5 heteroatoms. The van der Waals surface area contributed by atoms with E-state index >= 15 is 0 Å². The van der Waals surface area contributed by atoms with E-state index in [2.05, 4.69) is 10.1 Å². The summed E-state index contributed by atoms with van der Waals surface area (Å²) in [4.78, 5) is 4.29. The van der Waals surface area contributed by atoms with Gasteiger partial charge in [0.05, 0.1) is 12.7 Å². The fraction of sp³-hybridized carbons (Fsp3) is 0.0667. The standard InChI is InChI=1S/C15H12N2O3/c1-19-11-6-4-5-10(9-11)14-16-15(20-17-14)12-7-2-3-8-13(12)18/h2-9,18H,1H3. The maximum Gasteiger partial charge on any atom is 0.261 e. The van der Waals surface area contributed by atoms with Gasteiger partial charge in [-0.25, -0.2) is 0 Å². The van der Waals surface area contributed by atoms with Gasteiger partial charge in [0.15, 0.2) is 0 Å². The highest BCUT2D eigenvalue weighted by Crippen LogP contribution is 2.29. The second kappa shape index (κ2) is 5.05. The molecule has 0 saturated carbocycles. The van der Waals surface area contributed by atoms with Gasteiger partial charge in [-0.05, 0) is 24.3 Å². The van der Waals surface area contributed by atoms with Crippen molar-refractivity contribution in [3.05, 3.63) is 48.5 Å². The van der Waals surface area contributed by atoms with E-state index in [4.69, 9.17) is 9.26 Å². The molecular weight excluding hydrogens is 256 g/mol. The van der Waals surface area contributed by atoms with Gasteiger partial charge < -0.3 is 14.4 Å². The van der Waals surface area contributed by atoms with E-state index in [0.29, 0.717) is 11.4 Å². The predicted molar refractivity (Wildman–Crippen MR) is 73.4 cm³/mol. The van der Waals surface area contributed by atoms with Gasteiger partial charge >= 0.3 is 0 Å². The molecule has 3 aromatic rings. The Morgan fingerprint density at radius 1 is 1.10 bits per heavy atom. The molecular formula is C15H12N2O3. The van der Waals surface area contributed by atoms with Crippen LogP contribution in [0.1, 0.15) is 0 Å². The largest absolute Gasteiger partial charge is 0.507 e. The van der Waals surface area contributed by atoms with Gasteiger partial charge in [-0.15, -0.1) is 0 Å². The van der Waals surface area contributed by atoms with Crippen molar-refractivity contribution in [2.24, 2.45) is 0 Å². The van der Waals surface area contributed by atoms with Crippen LogP contribution < -0.4 is 4.74 Å². The van der Waals surface area contributed by atoms with Crippen LogP contribution in [0.15, 0.2) is 53.1 Å². The predicted octanol–water partition coefficient (Wildman–Crippen LogP) is 3.12. The number of phenolic OH excluding ortho intramolecular Hbond substituents is 1. The molecule has 0 fully saturated rings. The van der Waals surface area contributed by atoms with Gasteiger partial charge in [0.2, 0.25) is 5.82 Å². The van der Waals surface area contributed by atoms with Crippen LogP contribution in [0.25, 0.3) is 22.8 Å². The highest BCUT2D eigenvalue weighted by Gasteiger charge is 2.13. The normalized spacial score (nSPS) is 10.4. The molecule has 100 valence electrons. The topological polar surface area (TPSA) is 68.4 Å². The average Bonchev–Trinajstić information content (AvgIpc) is 2.97. The van der Waals surface area contributed by atoms with Gasteiger partial charge in [-0.2, -0.15) is 4.98 Å². The molecule has 0 aliphatic heterocycles. The minimum atomic E-state index is 0.105. The summed E-state index contributed by atoms with van der Waals surface area (Å²) in [5, 5.41) is 13.7. The van der Waals surface area contributed by atoms with Crippen molar-refractivity contribution in [2.45, 2.75) is 0 Å². The van der Waals surface area contributed by atoms with Gasteiger partial charge in [-0.1, -0.05) is 29.4 Å². The van der Waals surface area contributed by atoms with Gasteiger partial charge in [-0.3, -0.25) is 0 Å². The third-order valence-electron chi connectivity index (χ3n) is 2.89. The quantitative estimate of drug-likeness (QED) is 0.790. The molecule has 0 amide bonds. The van der Waals surface area contributed by atoms with Crippen LogP contribution in [-0.4, -0.2) is 22.4 Å². The van der Waals surface area contributed by atoms with E-state index in [9.17, 15) is 5.11 Å². The molecule has 0 atom stereocenters. The Bertz CT molecular complexity index is 737. The van der Waals surface area contributed by atoms with E-state index in [0.717, 1.165) is 11.3 Å². The van der Waals surface area contributed by atoms with Crippen LogP contribution in [0, 0.1) is 0 Å². The summed E-state index contributed by atoms with van der Waals surface area (Å²) >= 11 is 0. The molecule has 1 heterocycles. The van der Waals surface area contributed by atoms with Gasteiger partial charge in [0, 0.05) is 5.56 Å². The monoisotopic (exact) mass is 268 g/mol. The number of nitrogens with zero attached hydrogens (tertiary/aromatic N) is 2. The van der Waals surface area contributed by atoms with E-state index < -0.39 is 0 Å². The van der Waals surface area contributed by atoms with Crippen molar-refractivity contribution in [3.8, 4) is 34.3 Å². The highest BCUT2D eigenvalue weighted by atomic mass is 16.5. The van der Waals surface area contributed by atoms with Gasteiger partial charge in [0.1, 0.15) is 11.5 Å². The number of benzene rings is 2. The van der Waals surface area contributed by atoms with E-state index in [1.807, 2.05) is 24.3 Å². The SMILES string of the molecule is COc1cccc(-c2noc(-c3ccccc3O)n2)c1. The molecule has 2 aromatic carbocycles. The Morgan fingerprint density at radius 2 is 1.95 bits per heavy atom. The number of methoxy groups -OCH3 is 1. The minimum Gasteiger partial charge on any atom is -0.507 e. The fourth-order valence-electron chi connectivity index (χ4n) is 1.87. The maximum atomic E-state index is 9.78. The van der Waals surface area contributed by atoms with Crippen molar-refractivity contribution in [1.29, 1.82) is 0 Å². The lowest BCUT2D eigenvalue weighted by Crippen LogP contribution is -1.85. The smallest absolute Gasteiger partial charge is 0.261 e. The number of hydrogen-bond donors (Lipinski definition) is 1. The number of hydrogen-bond acceptors (Lipinski definition) is 5. The Hall–Kier alpha value is -2.82. The van der Waals surface area contributed by atoms with E-state index in [1.54, 1.807) is 31.4 Å². The lowest BCUT2D eigenvalue weighted by atomic mass is 10.2. The third-order valence-corrected chi connectivity index (χ3v) is 2.89. The number of aromatic nitrogens is 2. The summed E-state index contributed by atoms with van der Waals surface area (Å²) in [5.41, 5.74) is 1.30. The van der Waals surface area contributed by atoms with Crippen LogP contribution in [0.4, 0.5) is 0 Å². The Labute approximate surface area is 115 Å². The highest BCUT2D eigenvalue weighted by molar-refractivity contribution is 5.65. The molecule has 1 aromatic heterocycles. The first-order valence-corrected chi connectivity index (χ1v) is 6.04. The van der Waals surface area contributed by atoms with E-state index in [1.165, 1.54) is 0 Å². The number of para-hydroxylation sites is 1. The second-order valence-electron chi connectivity index (χ2n) is 4.17. The maximum absolute atomic E-state index is 9.78. The Morgan fingerprint density at radius 3 is 2.75 bits per heavy atom. The summed E-state index contributed by atoms with van der Waals surface area (Å²) in [6, 6.07) is 14.2. The summed E-state index contributed by atoms with van der Waals surface area (Å²) in [6.45, 7) is 0. The van der Waals surface area contributed by atoms with Crippen LogP contribution in [0.5, 0.6) is 11.5 Å². The zero-order valence-electron chi connectivity index (χ0n) is 10.8. The minimum absolute atomic E-state index is 0.105. The van der Waals surface area contributed by atoms with Crippen LogP contribution in [0.2, 0.25) is 0 Å². The number of ether oxygens (including phenoxy) is 1. The molecule has 0 radical (unpaired) electrons. The first-order valence-electron chi connectivity index (χ1n) is 6.04.